The molecule has 3 heterocycles. The van der Waals surface area contributed by atoms with Gasteiger partial charge in [0.25, 0.3) is 5.91 Å². The first-order valence-electron chi connectivity index (χ1n) is 12.2. The van der Waals surface area contributed by atoms with Crippen molar-refractivity contribution in [1.29, 1.82) is 0 Å². The third-order valence-corrected chi connectivity index (χ3v) is 6.16. The van der Waals surface area contributed by atoms with Gasteiger partial charge in [-0.25, -0.2) is 19.2 Å². The molecular weight excluding hydrogens is 522 g/mol. The van der Waals surface area contributed by atoms with E-state index in [4.69, 9.17) is 14.6 Å². The molecule has 0 atom stereocenters. The summed E-state index contributed by atoms with van der Waals surface area (Å²) in [6.45, 7) is 5.48. The lowest BCUT2D eigenvalue weighted by Crippen LogP contribution is -2.37. The molecule has 2 aliphatic rings. The molecule has 13 heteroatoms. The number of nitrogens with zero attached hydrogens (tertiary/aromatic N) is 4. The number of hydrogen-bond donors (Lipinski definition) is 2. The number of carbonyl (C=O) groups is 2. The summed E-state index contributed by atoms with van der Waals surface area (Å²) in [5, 5.41) is 9.85. The normalized spacial score (nSPS) is 15.4. The SMILES string of the molecule is Cc1ccc(NC(=O)c2cc(-c3cnc(N4CCOCC4)nc3)cn2CC2CC2)c(F)c1.O=C(O)C(F)(F)F. The second kappa shape index (κ2) is 11.8. The van der Waals surface area contributed by atoms with Crippen LogP contribution in [-0.4, -0.2) is 64.0 Å². The summed E-state index contributed by atoms with van der Waals surface area (Å²) in [6, 6.07) is 6.62. The summed E-state index contributed by atoms with van der Waals surface area (Å²) in [5.74, 6) is -2.26. The number of aryl methyl sites for hydroxylation is 1. The average molecular weight is 550 g/mol. The van der Waals surface area contributed by atoms with Crippen LogP contribution in [0, 0.1) is 18.7 Å². The van der Waals surface area contributed by atoms with Crippen molar-refractivity contribution in [3.05, 3.63) is 59.9 Å². The Morgan fingerprint density at radius 1 is 1.10 bits per heavy atom. The van der Waals surface area contributed by atoms with Crippen LogP contribution in [0.5, 0.6) is 0 Å². The Bertz CT molecular complexity index is 1320. The van der Waals surface area contributed by atoms with E-state index in [-0.39, 0.29) is 11.6 Å². The Morgan fingerprint density at radius 3 is 2.31 bits per heavy atom. The van der Waals surface area contributed by atoms with E-state index >= 15 is 0 Å². The number of ether oxygens (including phenoxy) is 1. The van der Waals surface area contributed by atoms with Gasteiger partial charge >= 0.3 is 12.1 Å². The Hall–Kier alpha value is -4.00. The van der Waals surface area contributed by atoms with Crippen molar-refractivity contribution >= 4 is 23.5 Å². The first-order chi connectivity index (χ1) is 18.5. The smallest absolute Gasteiger partial charge is 0.475 e. The number of aromatic nitrogens is 3. The topological polar surface area (TPSA) is 110 Å². The summed E-state index contributed by atoms with van der Waals surface area (Å²) >= 11 is 0. The van der Waals surface area contributed by atoms with E-state index < -0.39 is 18.0 Å². The van der Waals surface area contributed by atoms with Crippen molar-refractivity contribution in [2.24, 2.45) is 5.92 Å². The quantitative estimate of drug-likeness (QED) is 0.435. The van der Waals surface area contributed by atoms with Crippen LogP contribution in [0.2, 0.25) is 0 Å². The van der Waals surface area contributed by atoms with Gasteiger partial charge in [0.1, 0.15) is 11.5 Å². The van der Waals surface area contributed by atoms with Gasteiger partial charge < -0.3 is 24.6 Å². The number of hydrogen-bond acceptors (Lipinski definition) is 6. The highest BCUT2D eigenvalue weighted by Crippen LogP contribution is 2.33. The first-order valence-corrected chi connectivity index (χ1v) is 12.2. The number of alkyl halides is 3. The molecule has 208 valence electrons. The first kappa shape index (κ1) is 28.0. The van der Waals surface area contributed by atoms with Gasteiger partial charge in [-0.1, -0.05) is 6.07 Å². The summed E-state index contributed by atoms with van der Waals surface area (Å²) in [5.41, 5.74) is 3.20. The molecule has 2 N–H and O–H groups in total. The maximum Gasteiger partial charge on any atom is 0.490 e. The number of rotatable bonds is 6. The highest BCUT2D eigenvalue weighted by atomic mass is 19.4. The summed E-state index contributed by atoms with van der Waals surface area (Å²) in [6.07, 6.45) is 2.79. The lowest BCUT2D eigenvalue weighted by atomic mass is 10.2. The molecule has 3 aromatic rings. The predicted octanol–water partition coefficient (Wildman–Crippen LogP) is 4.52. The summed E-state index contributed by atoms with van der Waals surface area (Å²) < 4.78 is 53.3. The molecule has 39 heavy (non-hydrogen) atoms. The molecule has 0 radical (unpaired) electrons. The molecule has 0 bridgehead atoms. The van der Waals surface area contributed by atoms with E-state index in [1.165, 1.54) is 18.9 Å². The van der Waals surface area contributed by atoms with Crippen LogP contribution in [-0.2, 0) is 16.1 Å². The lowest BCUT2D eigenvalue weighted by Gasteiger charge is -2.26. The molecule has 1 aromatic carbocycles. The van der Waals surface area contributed by atoms with Crippen LogP contribution in [0.25, 0.3) is 11.1 Å². The molecule has 9 nitrogen and oxygen atoms in total. The molecular formula is C26H27F4N5O4. The van der Waals surface area contributed by atoms with Crippen molar-refractivity contribution in [2.45, 2.75) is 32.5 Å². The molecule has 0 unspecified atom stereocenters. The molecule has 1 saturated carbocycles. The number of halogens is 4. The Kier molecular flexibility index (Phi) is 8.48. The lowest BCUT2D eigenvalue weighted by molar-refractivity contribution is -0.192. The van der Waals surface area contributed by atoms with E-state index in [2.05, 4.69) is 20.2 Å². The van der Waals surface area contributed by atoms with Crippen LogP contribution in [0.4, 0.5) is 29.2 Å². The third kappa shape index (κ3) is 7.53. The Labute approximate surface area is 221 Å². The van der Waals surface area contributed by atoms with Crippen LogP contribution in [0.3, 0.4) is 0 Å². The van der Waals surface area contributed by atoms with Gasteiger partial charge in [-0.3, -0.25) is 4.79 Å². The van der Waals surface area contributed by atoms with Gasteiger partial charge in [0.15, 0.2) is 0 Å². The van der Waals surface area contributed by atoms with Crippen molar-refractivity contribution in [3.63, 3.8) is 0 Å². The summed E-state index contributed by atoms with van der Waals surface area (Å²) in [4.78, 5) is 33.1. The molecule has 1 amide bonds. The minimum atomic E-state index is -5.08. The van der Waals surface area contributed by atoms with Crippen molar-refractivity contribution in [2.75, 3.05) is 36.5 Å². The predicted molar refractivity (Wildman–Crippen MR) is 134 cm³/mol. The summed E-state index contributed by atoms with van der Waals surface area (Å²) in [7, 11) is 0. The van der Waals surface area contributed by atoms with Gasteiger partial charge in [-0.05, 0) is 49.4 Å². The number of morpholine rings is 1. The number of anilines is 2. The molecule has 1 aliphatic heterocycles. The fourth-order valence-electron chi connectivity index (χ4n) is 3.89. The number of aliphatic carboxylic acids is 1. The second-order valence-electron chi connectivity index (χ2n) is 9.32. The number of benzene rings is 1. The van der Waals surface area contributed by atoms with E-state index in [1.54, 1.807) is 24.5 Å². The van der Waals surface area contributed by atoms with Crippen molar-refractivity contribution in [3.8, 4) is 11.1 Å². The minimum absolute atomic E-state index is 0.180. The number of nitrogens with one attached hydrogen (secondary N) is 1. The Morgan fingerprint density at radius 2 is 1.74 bits per heavy atom. The van der Waals surface area contributed by atoms with Crippen LogP contribution in [0.15, 0.2) is 42.9 Å². The van der Waals surface area contributed by atoms with Crippen molar-refractivity contribution in [1.82, 2.24) is 14.5 Å². The van der Waals surface area contributed by atoms with Gasteiger partial charge in [0, 0.05) is 49.4 Å². The number of amides is 1. The molecule has 5 rings (SSSR count). The standard InChI is InChI=1S/C24H26FN5O2.C2HF3O2/c1-16-2-5-21(20(25)10-16)28-23(31)22-11-18(15-30(22)14-17-3-4-17)19-12-26-24(27-13-19)29-6-8-32-9-7-29;3-2(4,5)1(6)7/h2,5,10-13,15,17H,3-4,6-9,14H2,1H3,(H,28,31);(H,6,7). The largest absolute Gasteiger partial charge is 0.490 e. The second-order valence-corrected chi connectivity index (χ2v) is 9.32. The van der Waals surface area contributed by atoms with E-state index in [1.807, 2.05) is 23.8 Å². The third-order valence-electron chi connectivity index (χ3n) is 6.16. The van der Waals surface area contributed by atoms with Gasteiger partial charge in [-0.15, -0.1) is 0 Å². The maximum absolute atomic E-state index is 14.3. The Balaban J connectivity index is 0.000000448. The van der Waals surface area contributed by atoms with E-state index in [0.717, 1.165) is 36.3 Å². The fraction of sp³-hybridized carbons (Fsp3) is 0.385. The van der Waals surface area contributed by atoms with Crippen molar-refractivity contribution < 1.29 is 37.0 Å². The van der Waals surface area contributed by atoms with Gasteiger partial charge in [0.2, 0.25) is 5.95 Å². The molecule has 1 aliphatic carbocycles. The fourth-order valence-corrected chi connectivity index (χ4v) is 3.89. The zero-order valence-electron chi connectivity index (χ0n) is 21.0. The number of carbonyl (C=O) groups excluding carboxylic acids is 1. The molecule has 2 aromatic heterocycles. The molecule has 2 fully saturated rings. The zero-order chi connectivity index (χ0) is 28.2. The maximum atomic E-state index is 14.3. The van der Waals surface area contributed by atoms with Crippen LogP contribution in [0.1, 0.15) is 28.9 Å². The molecule has 0 spiro atoms. The van der Waals surface area contributed by atoms with Crippen LogP contribution < -0.4 is 10.2 Å². The monoisotopic (exact) mass is 549 g/mol. The number of carboxylic acids is 1. The highest BCUT2D eigenvalue weighted by molar-refractivity contribution is 6.04. The van der Waals surface area contributed by atoms with E-state index in [0.29, 0.717) is 30.8 Å². The van der Waals surface area contributed by atoms with Gasteiger partial charge in [0.05, 0.1) is 18.9 Å². The molecule has 1 saturated heterocycles. The number of carboxylic acid groups (broad SMARTS) is 1. The zero-order valence-corrected chi connectivity index (χ0v) is 21.0. The average Bonchev–Trinajstić information content (AvgIpc) is 3.62. The minimum Gasteiger partial charge on any atom is -0.475 e. The van der Waals surface area contributed by atoms with Crippen LogP contribution >= 0.6 is 0 Å². The highest BCUT2D eigenvalue weighted by Gasteiger charge is 2.38. The van der Waals surface area contributed by atoms with E-state index in [9.17, 15) is 22.4 Å². The van der Waals surface area contributed by atoms with Gasteiger partial charge in [-0.2, -0.15) is 13.2 Å².